The number of hydrogen-bond acceptors (Lipinski definition) is 5. The van der Waals surface area contributed by atoms with E-state index in [1.807, 2.05) is 30.5 Å². The number of nitrogens with one attached hydrogen (secondary N) is 1. The second-order valence-corrected chi connectivity index (χ2v) is 6.56. The van der Waals surface area contributed by atoms with Gasteiger partial charge in [0, 0.05) is 11.8 Å². The van der Waals surface area contributed by atoms with Crippen molar-refractivity contribution in [2.75, 3.05) is 18.7 Å². The van der Waals surface area contributed by atoms with E-state index in [9.17, 15) is 4.79 Å². The van der Waals surface area contributed by atoms with Gasteiger partial charge >= 0.3 is 0 Å². The first-order chi connectivity index (χ1) is 12.5. The van der Waals surface area contributed by atoms with Crippen molar-refractivity contribution < 1.29 is 9.94 Å². The molecule has 0 radical (unpaired) electrons. The molecule has 3 aromatic rings. The van der Waals surface area contributed by atoms with E-state index < -0.39 is 0 Å². The molecule has 0 fully saturated rings. The van der Waals surface area contributed by atoms with Gasteiger partial charge in [0.15, 0.2) is 11.2 Å². The average Bonchev–Trinajstić information content (AvgIpc) is 2.59. The van der Waals surface area contributed by atoms with E-state index in [2.05, 4.69) is 10.5 Å². The second kappa shape index (κ2) is 7.63. The average molecular weight is 394 g/mol. The Morgan fingerprint density at radius 3 is 2.73 bits per heavy atom. The number of benzene rings is 1. The molecule has 0 amide bonds. The lowest BCUT2D eigenvalue weighted by molar-refractivity contribution is 0.132. The zero-order valence-electron chi connectivity index (χ0n) is 14.2. The smallest absolute Gasteiger partial charge is 0.193 e. The predicted octanol–water partition coefficient (Wildman–Crippen LogP) is 3.65. The maximum atomic E-state index is 12.7. The molecule has 0 saturated carbocycles. The quantitative estimate of drug-likeness (QED) is 0.511. The molecule has 26 heavy (non-hydrogen) atoms. The van der Waals surface area contributed by atoms with Gasteiger partial charge in [0.25, 0.3) is 0 Å². The summed E-state index contributed by atoms with van der Waals surface area (Å²) in [5, 5.41) is 9.99. The molecule has 2 heterocycles. The number of fused-ring (bicyclic) bond motifs is 1. The van der Waals surface area contributed by atoms with Gasteiger partial charge in [-0.3, -0.25) is 9.63 Å². The number of para-hydroxylation sites is 1. The van der Waals surface area contributed by atoms with Gasteiger partial charge in [-0.25, -0.2) is 10.5 Å². The van der Waals surface area contributed by atoms with Crippen LogP contribution in [0.4, 0.5) is 5.82 Å². The van der Waals surface area contributed by atoms with E-state index in [4.69, 9.17) is 33.1 Å². The van der Waals surface area contributed by atoms with Crippen LogP contribution in [0.1, 0.15) is 11.3 Å². The Morgan fingerprint density at radius 1 is 1.27 bits per heavy atom. The molecule has 1 aromatic carbocycles. The molecular weight excluding hydrogens is 377 g/mol. The van der Waals surface area contributed by atoms with Crippen molar-refractivity contribution in [1.82, 2.24) is 9.55 Å². The summed E-state index contributed by atoms with van der Waals surface area (Å²) in [5.74, 6) is 0.223. The van der Waals surface area contributed by atoms with Crippen molar-refractivity contribution in [3.8, 4) is 5.69 Å². The van der Waals surface area contributed by atoms with Crippen molar-refractivity contribution in [2.24, 2.45) is 0 Å². The van der Waals surface area contributed by atoms with Crippen molar-refractivity contribution in [2.45, 2.75) is 13.8 Å². The number of aryl methyl sites for hydroxylation is 2. The first-order valence-electron chi connectivity index (χ1n) is 7.90. The largest absolute Gasteiger partial charge is 0.394 e. The van der Waals surface area contributed by atoms with E-state index >= 15 is 0 Å². The van der Waals surface area contributed by atoms with Crippen molar-refractivity contribution >= 4 is 39.9 Å². The second-order valence-electron chi connectivity index (χ2n) is 5.74. The summed E-state index contributed by atoms with van der Waals surface area (Å²) in [7, 11) is 0. The van der Waals surface area contributed by atoms with Crippen LogP contribution in [0, 0.1) is 13.8 Å². The summed E-state index contributed by atoms with van der Waals surface area (Å²) in [6, 6.07) is 7.08. The van der Waals surface area contributed by atoms with Crippen LogP contribution in [0.15, 0.2) is 35.3 Å². The van der Waals surface area contributed by atoms with Crippen LogP contribution in [0.25, 0.3) is 16.6 Å². The molecule has 3 rings (SSSR count). The van der Waals surface area contributed by atoms with Crippen LogP contribution >= 0.6 is 23.2 Å². The molecule has 2 N–H and O–H groups in total. The third kappa shape index (κ3) is 3.29. The SMILES string of the molecule is Cc1cccc(Cl)c1-n1c(C)cc(=O)c2c(NOCCO)ncc(Cl)c21. The van der Waals surface area contributed by atoms with E-state index in [0.29, 0.717) is 21.3 Å². The van der Waals surface area contributed by atoms with Crippen molar-refractivity contribution in [3.63, 3.8) is 0 Å². The number of aromatic nitrogens is 2. The third-order valence-electron chi connectivity index (χ3n) is 3.94. The molecule has 2 aromatic heterocycles. The Morgan fingerprint density at radius 2 is 2.04 bits per heavy atom. The van der Waals surface area contributed by atoms with Crippen LogP contribution in [0.2, 0.25) is 10.0 Å². The molecule has 0 bridgehead atoms. The molecule has 0 aliphatic rings. The molecule has 0 unspecified atom stereocenters. The fourth-order valence-corrected chi connectivity index (χ4v) is 3.40. The summed E-state index contributed by atoms with van der Waals surface area (Å²) >= 11 is 12.9. The van der Waals surface area contributed by atoms with E-state index in [1.165, 1.54) is 12.3 Å². The molecule has 0 spiro atoms. The Balaban J connectivity index is 2.38. The summed E-state index contributed by atoms with van der Waals surface area (Å²) in [6.07, 6.45) is 1.44. The van der Waals surface area contributed by atoms with Crippen LogP contribution in [-0.2, 0) is 4.84 Å². The van der Waals surface area contributed by atoms with Crippen LogP contribution in [0.5, 0.6) is 0 Å². The number of aliphatic hydroxyl groups excluding tert-OH is 1. The maximum Gasteiger partial charge on any atom is 0.193 e. The topological polar surface area (TPSA) is 76.4 Å². The Bertz CT molecular complexity index is 1010. The highest BCUT2D eigenvalue weighted by molar-refractivity contribution is 6.36. The molecule has 0 saturated heterocycles. The van der Waals surface area contributed by atoms with Gasteiger partial charge in [-0.2, -0.15) is 0 Å². The number of aliphatic hydroxyl groups is 1. The van der Waals surface area contributed by atoms with E-state index in [1.54, 1.807) is 6.07 Å². The molecule has 0 aliphatic heterocycles. The van der Waals surface area contributed by atoms with Gasteiger partial charge in [-0.1, -0.05) is 35.3 Å². The number of rotatable bonds is 5. The van der Waals surface area contributed by atoms with E-state index in [-0.39, 0.29) is 29.8 Å². The maximum absolute atomic E-state index is 12.7. The van der Waals surface area contributed by atoms with Gasteiger partial charge in [-0.05, 0) is 25.5 Å². The van der Waals surface area contributed by atoms with Crippen molar-refractivity contribution in [1.29, 1.82) is 0 Å². The summed E-state index contributed by atoms with van der Waals surface area (Å²) in [5.41, 5.74) is 5.21. The standard InChI is InChI=1S/C18H17Cl2N3O3/c1-10-4-3-5-12(19)16(10)23-11(2)8-14(25)15-17(23)13(20)9-21-18(15)22-26-7-6-24/h3-5,8-9,24H,6-7H2,1-2H3,(H,21,22). The lowest BCUT2D eigenvalue weighted by Crippen LogP contribution is -2.16. The minimum Gasteiger partial charge on any atom is -0.394 e. The minimum absolute atomic E-state index is 0.0511. The number of nitrogens with zero attached hydrogens (tertiary/aromatic N) is 2. The monoisotopic (exact) mass is 393 g/mol. The fraction of sp³-hybridized carbons (Fsp3) is 0.222. The Labute approximate surface area is 159 Å². The van der Waals surface area contributed by atoms with Crippen molar-refractivity contribution in [3.05, 3.63) is 62.0 Å². The zero-order valence-corrected chi connectivity index (χ0v) is 15.7. The van der Waals surface area contributed by atoms with Gasteiger partial charge < -0.3 is 9.67 Å². The number of hydrogen-bond donors (Lipinski definition) is 2. The third-order valence-corrected chi connectivity index (χ3v) is 4.53. The predicted molar refractivity (Wildman–Crippen MR) is 103 cm³/mol. The first kappa shape index (κ1) is 18.7. The van der Waals surface area contributed by atoms with Gasteiger partial charge in [0.2, 0.25) is 0 Å². The normalized spacial score (nSPS) is 11.1. The molecule has 0 atom stereocenters. The summed E-state index contributed by atoms with van der Waals surface area (Å²) in [4.78, 5) is 21.9. The summed E-state index contributed by atoms with van der Waals surface area (Å²) < 4.78 is 1.84. The van der Waals surface area contributed by atoms with Gasteiger partial charge in [0.1, 0.15) is 0 Å². The Kier molecular flexibility index (Phi) is 5.48. The lowest BCUT2D eigenvalue weighted by atomic mass is 10.1. The first-order valence-corrected chi connectivity index (χ1v) is 8.66. The summed E-state index contributed by atoms with van der Waals surface area (Å²) in [6.45, 7) is 3.63. The highest BCUT2D eigenvalue weighted by Crippen LogP contribution is 2.33. The van der Waals surface area contributed by atoms with Crippen LogP contribution in [0.3, 0.4) is 0 Å². The Hall–Kier alpha value is -2.12. The zero-order chi connectivity index (χ0) is 18.8. The van der Waals surface area contributed by atoms with Crippen LogP contribution in [-0.4, -0.2) is 27.9 Å². The van der Waals surface area contributed by atoms with E-state index in [0.717, 1.165) is 11.3 Å². The fourth-order valence-electron chi connectivity index (χ4n) is 2.87. The molecule has 8 heteroatoms. The minimum atomic E-state index is -0.247. The van der Waals surface area contributed by atoms with Crippen LogP contribution < -0.4 is 10.9 Å². The highest BCUT2D eigenvalue weighted by Gasteiger charge is 2.18. The number of halogens is 2. The number of anilines is 1. The highest BCUT2D eigenvalue weighted by atomic mass is 35.5. The molecule has 0 aliphatic carbocycles. The number of pyridine rings is 2. The molecule has 6 nitrogen and oxygen atoms in total. The van der Waals surface area contributed by atoms with Gasteiger partial charge in [0.05, 0.1) is 46.0 Å². The molecular formula is C18H17Cl2N3O3. The van der Waals surface area contributed by atoms with Gasteiger partial charge in [-0.15, -0.1) is 0 Å². The lowest BCUT2D eigenvalue weighted by Gasteiger charge is -2.20. The molecule has 136 valence electrons.